The van der Waals surface area contributed by atoms with Gasteiger partial charge >= 0.3 is 0 Å². The van der Waals surface area contributed by atoms with Crippen molar-refractivity contribution in [3.63, 3.8) is 0 Å². The Morgan fingerprint density at radius 1 is 1.16 bits per heavy atom. The van der Waals surface area contributed by atoms with Crippen LogP contribution in [0.5, 0.6) is 11.5 Å². The lowest BCUT2D eigenvalue weighted by Crippen LogP contribution is -2.83. The molecule has 0 unspecified atom stereocenters. The molecule has 5 fully saturated rings. The van der Waals surface area contributed by atoms with Gasteiger partial charge in [-0.1, -0.05) is 41.6 Å². The lowest BCUT2D eigenvalue weighted by molar-refractivity contribution is -0.952. The largest absolute Gasteiger partial charge is 0.870 e. The molecule has 9 rings (SSSR count). The van der Waals surface area contributed by atoms with E-state index in [1.165, 1.54) is 41.5 Å². The van der Waals surface area contributed by atoms with Crippen molar-refractivity contribution in [3.8, 4) is 11.5 Å². The lowest BCUT2D eigenvalue weighted by Gasteiger charge is -2.74. The van der Waals surface area contributed by atoms with E-state index >= 15 is 0 Å². The van der Waals surface area contributed by atoms with Crippen LogP contribution in [0.4, 0.5) is 0 Å². The van der Waals surface area contributed by atoms with E-state index in [-0.39, 0.29) is 28.6 Å². The molecular formula is C32H38ClNO4. The summed E-state index contributed by atoms with van der Waals surface area (Å²) < 4.78 is 21.1. The topological polar surface area (TPSA) is 50.8 Å². The number of piperidine rings is 1. The number of ether oxygens (including phenoxy) is 3. The van der Waals surface area contributed by atoms with E-state index in [9.17, 15) is 5.11 Å². The molecule has 6 heteroatoms. The number of hydrogen-bond donors (Lipinski definition) is 0. The second-order valence-electron chi connectivity index (χ2n) is 13.6. The van der Waals surface area contributed by atoms with Crippen LogP contribution in [0.15, 0.2) is 36.4 Å². The van der Waals surface area contributed by atoms with Gasteiger partial charge in [-0.15, -0.1) is 0 Å². The van der Waals surface area contributed by atoms with Crippen LogP contribution in [0.2, 0.25) is 5.02 Å². The fourth-order valence-electron chi connectivity index (χ4n) is 10.4. The van der Waals surface area contributed by atoms with E-state index in [0.29, 0.717) is 25.0 Å². The van der Waals surface area contributed by atoms with Gasteiger partial charge in [0.2, 0.25) is 0 Å². The summed E-state index contributed by atoms with van der Waals surface area (Å²) in [6, 6.07) is 12.4. The van der Waals surface area contributed by atoms with Crippen molar-refractivity contribution in [1.29, 1.82) is 0 Å². The molecule has 2 heterocycles. The molecule has 7 aliphatic rings. The maximum atomic E-state index is 13.2. The zero-order valence-electron chi connectivity index (χ0n) is 22.5. The summed E-state index contributed by atoms with van der Waals surface area (Å²) in [5.41, 5.74) is 3.26. The quantitative estimate of drug-likeness (QED) is 0.468. The first-order valence-electron chi connectivity index (χ1n) is 14.6. The molecule has 0 N–H and O–H groups in total. The summed E-state index contributed by atoms with van der Waals surface area (Å²) >= 11 is 6.23. The second kappa shape index (κ2) is 7.90. The third kappa shape index (κ3) is 2.89. The van der Waals surface area contributed by atoms with Crippen LogP contribution >= 0.6 is 11.6 Å². The minimum absolute atomic E-state index is 0.0429. The van der Waals surface area contributed by atoms with Gasteiger partial charge in [0.25, 0.3) is 0 Å². The van der Waals surface area contributed by atoms with Crippen LogP contribution in [0, 0.1) is 17.3 Å². The summed E-state index contributed by atoms with van der Waals surface area (Å²) in [6.45, 7) is 3.63. The van der Waals surface area contributed by atoms with Crippen molar-refractivity contribution in [2.24, 2.45) is 17.3 Å². The van der Waals surface area contributed by atoms with Crippen molar-refractivity contribution in [2.45, 2.75) is 74.7 Å². The molecule has 7 atom stereocenters. The fraction of sp³-hybridized carbons (Fsp3) is 0.625. The Labute approximate surface area is 230 Å². The third-order valence-corrected chi connectivity index (χ3v) is 12.2. The number of rotatable bonds is 7. The van der Waals surface area contributed by atoms with Crippen molar-refractivity contribution >= 4 is 11.6 Å². The maximum absolute atomic E-state index is 13.2. The Hall–Kier alpha value is -1.79. The molecule has 4 bridgehead atoms. The van der Waals surface area contributed by atoms with Crippen LogP contribution in [0.3, 0.4) is 0 Å². The number of methoxy groups -OCH3 is 1. The highest BCUT2D eigenvalue weighted by atomic mass is 35.5. The molecule has 5 nitrogen and oxygen atoms in total. The maximum Gasteiger partial charge on any atom is 0.139 e. The second-order valence-corrected chi connectivity index (χ2v) is 14.0. The van der Waals surface area contributed by atoms with Crippen molar-refractivity contribution in [1.82, 2.24) is 0 Å². The van der Waals surface area contributed by atoms with E-state index in [0.717, 1.165) is 48.6 Å². The van der Waals surface area contributed by atoms with Crippen LogP contribution in [-0.2, 0) is 27.9 Å². The standard InChI is InChI=1S/C32H38ClNO4/c1-34(17-20-6-7-20)13-12-31-27-22-8-9-25(35)28(27)38-29(31)32(36-2)11-10-30(31,26(34)15-22)16-23(32)19-37-18-21-4-3-5-24(33)14-21/h3-5,8-9,14,20,23,26,29H,6-7,10-13,15-19H2,1-2H3/t23-,26-,29-,30-,31+,32-,34-/m1/s1. The molecule has 1 saturated heterocycles. The summed E-state index contributed by atoms with van der Waals surface area (Å²) in [4.78, 5) is 0. The first-order valence-corrected chi connectivity index (χ1v) is 14.9. The van der Waals surface area contributed by atoms with Crippen LogP contribution in [-0.4, -0.2) is 56.1 Å². The number of likely N-dealkylation sites (tertiary alicyclic amines) is 1. The van der Waals surface area contributed by atoms with Crippen LogP contribution in [0.1, 0.15) is 55.2 Å². The van der Waals surface area contributed by atoms with E-state index < -0.39 is 5.60 Å². The molecule has 2 aromatic carbocycles. The zero-order valence-corrected chi connectivity index (χ0v) is 23.3. The van der Waals surface area contributed by atoms with Gasteiger partial charge in [0.1, 0.15) is 17.5 Å². The summed E-state index contributed by atoms with van der Waals surface area (Å²) in [6.07, 6.45) is 8.00. The molecule has 0 amide bonds. The average molecular weight is 536 g/mol. The minimum Gasteiger partial charge on any atom is -0.870 e. The Morgan fingerprint density at radius 2 is 2.03 bits per heavy atom. The smallest absolute Gasteiger partial charge is 0.139 e. The Bertz CT molecular complexity index is 1310. The number of nitrogens with zero attached hydrogens (tertiary/aromatic N) is 1. The number of quaternary nitrogens is 1. The number of halogens is 1. The van der Waals surface area contributed by atoms with Crippen molar-refractivity contribution in [2.75, 3.05) is 33.9 Å². The van der Waals surface area contributed by atoms with Gasteiger partial charge in [0, 0.05) is 47.8 Å². The Morgan fingerprint density at radius 3 is 2.82 bits per heavy atom. The first-order chi connectivity index (χ1) is 18.4. The van der Waals surface area contributed by atoms with Crippen LogP contribution < -0.4 is 9.84 Å². The van der Waals surface area contributed by atoms with E-state index in [1.807, 2.05) is 25.3 Å². The Balaban J connectivity index is 1.22. The third-order valence-electron chi connectivity index (χ3n) is 12.0. The molecular weight excluding hydrogens is 498 g/mol. The molecule has 2 aliphatic heterocycles. The molecule has 0 radical (unpaired) electrons. The molecule has 0 aromatic heterocycles. The van der Waals surface area contributed by atoms with E-state index in [4.69, 9.17) is 25.8 Å². The molecule has 5 aliphatic carbocycles. The normalized spacial score (nSPS) is 41.6. The zero-order chi connectivity index (χ0) is 25.9. The number of hydrogen-bond acceptors (Lipinski definition) is 4. The van der Waals surface area contributed by atoms with Crippen LogP contribution in [0.25, 0.3) is 0 Å². The lowest BCUT2D eigenvalue weighted by atomic mass is 9.34. The predicted octanol–water partition coefficient (Wildman–Crippen LogP) is 5.00. The molecule has 202 valence electrons. The minimum atomic E-state index is -0.446. The number of likely N-dealkylation sites (N-methyl/N-ethyl adjacent to an activating group) is 1. The van der Waals surface area contributed by atoms with Gasteiger partial charge in [-0.2, -0.15) is 0 Å². The van der Waals surface area contributed by atoms with E-state index in [2.05, 4.69) is 19.2 Å². The molecule has 2 spiro atoms. The average Bonchev–Trinajstić information content (AvgIpc) is 3.63. The SMILES string of the molecule is CO[C@]12CC[C@@]3(C[C@@H]1COCc1cccc(Cl)c1)[C@H]1Cc4ccc([O-])c5c4[C@@]3(CC[N@+]1(C)CC1CC1)[C@H]2O5. The Kier molecular flexibility index (Phi) is 5.00. The van der Waals surface area contributed by atoms with Gasteiger partial charge in [0.15, 0.2) is 0 Å². The summed E-state index contributed by atoms with van der Waals surface area (Å²) in [5, 5.41) is 14.0. The molecule has 38 heavy (non-hydrogen) atoms. The first kappa shape index (κ1) is 24.0. The highest BCUT2D eigenvalue weighted by Crippen LogP contribution is 2.77. The van der Waals surface area contributed by atoms with E-state index in [1.54, 1.807) is 6.07 Å². The van der Waals surface area contributed by atoms with Gasteiger partial charge in [-0.25, -0.2) is 0 Å². The summed E-state index contributed by atoms with van der Waals surface area (Å²) in [7, 11) is 4.40. The number of fused-ring (bicyclic) bond motifs is 2. The number of benzene rings is 2. The predicted molar refractivity (Wildman–Crippen MR) is 143 cm³/mol. The molecule has 2 aromatic rings. The fourth-order valence-corrected chi connectivity index (χ4v) is 10.6. The van der Waals surface area contributed by atoms with Gasteiger partial charge in [0.05, 0.1) is 44.8 Å². The highest BCUT2D eigenvalue weighted by molar-refractivity contribution is 6.30. The van der Waals surface area contributed by atoms with Gasteiger partial charge in [-0.3, -0.25) is 0 Å². The summed E-state index contributed by atoms with van der Waals surface area (Å²) in [5.74, 6) is 1.78. The molecule has 4 saturated carbocycles. The van der Waals surface area contributed by atoms with Crippen molar-refractivity contribution < 1.29 is 23.8 Å². The van der Waals surface area contributed by atoms with Gasteiger partial charge < -0.3 is 23.8 Å². The van der Waals surface area contributed by atoms with Crippen molar-refractivity contribution in [3.05, 3.63) is 58.1 Å². The monoisotopic (exact) mass is 535 g/mol. The van der Waals surface area contributed by atoms with Gasteiger partial charge in [-0.05, 0) is 55.4 Å². The highest BCUT2D eigenvalue weighted by Gasteiger charge is 2.82.